The smallest absolute Gasteiger partial charge is 0.253 e. The van der Waals surface area contributed by atoms with Crippen LogP contribution in [0, 0.1) is 12.8 Å². The topological polar surface area (TPSA) is 75.8 Å². The summed E-state index contributed by atoms with van der Waals surface area (Å²) in [6.07, 6.45) is 2.27. The number of rotatable bonds is 3. The first-order chi connectivity index (χ1) is 14.0. The number of carbonyl (C=O) groups excluding carboxylic acids is 1. The van der Waals surface area contributed by atoms with E-state index in [0.29, 0.717) is 48.3 Å². The van der Waals surface area contributed by atoms with Gasteiger partial charge >= 0.3 is 0 Å². The lowest BCUT2D eigenvalue weighted by molar-refractivity contribution is -0.0632. The molecule has 2 aliphatic rings. The summed E-state index contributed by atoms with van der Waals surface area (Å²) in [7, 11) is 0. The maximum Gasteiger partial charge on any atom is 0.253 e. The van der Waals surface area contributed by atoms with Gasteiger partial charge in [0.25, 0.3) is 5.91 Å². The Morgan fingerprint density at radius 3 is 2.50 bits per heavy atom. The van der Waals surface area contributed by atoms with E-state index in [1.165, 1.54) is 0 Å². The molecule has 2 heterocycles. The Hall–Kier alpha value is -1.79. The van der Waals surface area contributed by atoms with E-state index in [-0.39, 0.29) is 30.5 Å². The summed E-state index contributed by atoms with van der Waals surface area (Å²) in [6.45, 7) is 3.70. The highest BCUT2D eigenvalue weighted by atomic mass is 35.5. The van der Waals surface area contributed by atoms with Crippen molar-refractivity contribution in [1.29, 1.82) is 0 Å². The molecule has 30 heavy (non-hydrogen) atoms. The molecule has 1 fully saturated rings. The van der Waals surface area contributed by atoms with Gasteiger partial charge in [-0.25, -0.2) is 0 Å². The van der Waals surface area contributed by atoms with Gasteiger partial charge in [0.1, 0.15) is 5.75 Å². The molecule has 2 aromatic rings. The molecule has 2 aliphatic heterocycles. The quantitative estimate of drug-likeness (QED) is 0.731. The average molecular weight is 451 g/mol. The average Bonchev–Trinajstić information content (AvgIpc) is 2.76. The van der Waals surface area contributed by atoms with Crippen molar-refractivity contribution in [3.8, 4) is 5.75 Å². The molecular weight excluding hydrogens is 423 g/mol. The fourth-order valence-electron chi connectivity index (χ4n) is 4.53. The summed E-state index contributed by atoms with van der Waals surface area (Å²) in [6, 6.07) is 11.0. The molecule has 5 nitrogen and oxygen atoms in total. The van der Waals surface area contributed by atoms with Crippen molar-refractivity contribution in [2.75, 3.05) is 19.6 Å². The van der Waals surface area contributed by atoms with Crippen molar-refractivity contribution < 1.29 is 14.6 Å². The number of nitrogens with zero attached hydrogens (tertiary/aromatic N) is 1. The fourth-order valence-corrected chi connectivity index (χ4v) is 4.65. The van der Waals surface area contributed by atoms with E-state index in [1.807, 2.05) is 24.0 Å². The number of hydrogen-bond donors (Lipinski definition) is 2. The minimum absolute atomic E-state index is 0. The number of piperidine rings is 1. The second-order valence-corrected chi connectivity index (χ2v) is 8.47. The van der Waals surface area contributed by atoms with Gasteiger partial charge in [-0.15, -0.1) is 12.4 Å². The number of phenols is 1. The SMILES string of the molecule is Cc1ccc2c(c1O)C[C@@H](C1CCN(C(=O)c3ccc(Cl)cc3)CC1)O[C@H]2CN.Cl. The zero-order valence-corrected chi connectivity index (χ0v) is 18.6. The summed E-state index contributed by atoms with van der Waals surface area (Å²) in [5.74, 6) is 0.749. The van der Waals surface area contributed by atoms with Crippen molar-refractivity contribution >= 4 is 29.9 Å². The van der Waals surface area contributed by atoms with E-state index in [9.17, 15) is 9.90 Å². The molecule has 1 saturated heterocycles. The number of aryl methyl sites for hydroxylation is 1. The van der Waals surface area contributed by atoms with E-state index >= 15 is 0 Å². The maximum absolute atomic E-state index is 12.7. The zero-order chi connectivity index (χ0) is 20.5. The van der Waals surface area contributed by atoms with Gasteiger partial charge in [0.05, 0.1) is 12.2 Å². The Balaban J connectivity index is 0.00000256. The van der Waals surface area contributed by atoms with E-state index in [2.05, 4.69) is 0 Å². The van der Waals surface area contributed by atoms with Crippen LogP contribution in [0.1, 0.15) is 46.0 Å². The summed E-state index contributed by atoms with van der Waals surface area (Å²) in [5.41, 5.74) is 9.48. The molecule has 3 N–H and O–H groups in total. The van der Waals surface area contributed by atoms with Crippen LogP contribution in [0.25, 0.3) is 0 Å². The van der Waals surface area contributed by atoms with Crippen LogP contribution in [-0.4, -0.2) is 41.7 Å². The first kappa shape index (κ1) is 22.9. The highest BCUT2D eigenvalue weighted by molar-refractivity contribution is 6.30. The predicted octanol–water partition coefficient (Wildman–Crippen LogP) is 4.27. The molecule has 0 saturated carbocycles. The van der Waals surface area contributed by atoms with Crippen LogP contribution in [0.2, 0.25) is 5.02 Å². The maximum atomic E-state index is 12.7. The lowest BCUT2D eigenvalue weighted by Gasteiger charge is -2.40. The Labute approximate surface area is 188 Å². The largest absolute Gasteiger partial charge is 0.507 e. The minimum atomic E-state index is -0.191. The third-order valence-electron chi connectivity index (χ3n) is 6.27. The molecule has 0 bridgehead atoms. The Bertz CT molecular complexity index is 896. The summed E-state index contributed by atoms with van der Waals surface area (Å²) < 4.78 is 6.34. The highest BCUT2D eigenvalue weighted by Gasteiger charge is 2.36. The second kappa shape index (κ2) is 9.56. The van der Waals surface area contributed by atoms with Gasteiger partial charge in [-0.2, -0.15) is 0 Å². The molecule has 0 aromatic heterocycles. The predicted molar refractivity (Wildman–Crippen MR) is 121 cm³/mol. The number of ether oxygens (including phenoxy) is 1. The summed E-state index contributed by atoms with van der Waals surface area (Å²) in [5, 5.41) is 11.2. The van der Waals surface area contributed by atoms with Crippen molar-refractivity contribution in [2.24, 2.45) is 11.7 Å². The lowest BCUT2D eigenvalue weighted by atomic mass is 9.83. The van der Waals surface area contributed by atoms with Crippen molar-refractivity contribution in [3.63, 3.8) is 0 Å². The number of likely N-dealkylation sites (tertiary alicyclic amines) is 1. The van der Waals surface area contributed by atoms with Gasteiger partial charge in [-0.05, 0) is 61.1 Å². The molecule has 4 rings (SSSR count). The second-order valence-electron chi connectivity index (χ2n) is 8.04. The third kappa shape index (κ3) is 4.45. The monoisotopic (exact) mass is 450 g/mol. The molecule has 0 aliphatic carbocycles. The first-order valence-electron chi connectivity index (χ1n) is 10.2. The molecule has 0 spiro atoms. The summed E-state index contributed by atoms with van der Waals surface area (Å²) in [4.78, 5) is 14.6. The number of aromatic hydroxyl groups is 1. The molecule has 1 amide bonds. The van der Waals surface area contributed by atoms with Crippen molar-refractivity contribution in [2.45, 2.75) is 38.4 Å². The van der Waals surface area contributed by atoms with Gasteiger partial charge in [0.2, 0.25) is 0 Å². The third-order valence-corrected chi connectivity index (χ3v) is 6.52. The van der Waals surface area contributed by atoms with E-state index in [1.54, 1.807) is 24.3 Å². The molecule has 0 radical (unpaired) electrons. The molecule has 0 unspecified atom stereocenters. The van der Waals surface area contributed by atoms with Crippen LogP contribution in [0.3, 0.4) is 0 Å². The lowest BCUT2D eigenvalue weighted by Crippen LogP contribution is -2.44. The van der Waals surface area contributed by atoms with Crippen LogP contribution in [-0.2, 0) is 11.2 Å². The Kier molecular flexibility index (Phi) is 7.30. The van der Waals surface area contributed by atoms with Crippen molar-refractivity contribution in [1.82, 2.24) is 4.90 Å². The number of halogens is 2. The van der Waals surface area contributed by atoms with E-state index < -0.39 is 0 Å². The molecule has 2 atom stereocenters. The molecular formula is C23H28Cl2N2O3. The van der Waals surface area contributed by atoms with Crippen LogP contribution in [0.4, 0.5) is 0 Å². The van der Waals surface area contributed by atoms with Crippen LogP contribution >= 0.6 is 24.0 Å². The van der Waals surface area contributed by atoms with Crippen LogP contribution < -0.4 is 5.73 Å². The van der Waals surface area contributed by atoms with Gasteiger partial charge in [0, 0.05) is 42.2 Å². The van der Waals surface area contributed by atoms with E-state index in [0.717, 1.165) is 29.5 Å². The van der Waals surface area contributed by atoms with Gasteiger partial charge in [0.15, 0.2) is 0 Å². The Morgan fingerprint density at radius 2 is 1.87 bits per heavy atom. The van der Waals surface area contributed by atoms with Crippen LogP contribution in [0.5, 0.6) is 5.75 Å². The number of phenolic OH excluding ortho intramolecular Hbond substituents is 1. The van der Waals surface area contributed by atoms with Gasteiger partial charge in [-0.1, -0.05) is 23.7 Å². The van der Waals surface area contributed by atoms with Gasteiger partial charge in [-0.3, -0.25) is 4.79 Å². The van der Waals surface area contributed by atoms with Crippen LogP contribution in [0.15, 0.2) is 36.4 Å². The first-order valence-corrected chi connectivity index (χ1v) is 10.6. The Morgan fingerprint density at radius 1 is 1.20 bits per heavy atom. The fraction of sp³-hybridized carbons (Fsp3) is 0.435. The van der Waals surface area contributed by atoms with E-state index in [4.69, 9.17) is 22.1 Å². The number of hydrogen-bond acceptors (Lipinski definition) is 4. The molecule has 162 valence electrons. The number of fused-ring (bicyclic) bond motifs is 1. The summed E-state index contributed by atoms with van der Waals surface area (Å²) >= 11 is 5.92. The molecule has 7 heteroatoms. The zero-order valence-electron chi connectivity index (χ0n) is 17.0. The number of amides is 1. The number of benzene rings is 2. The number of nitrogens with two attached hydrogens (primary N) is 1. The normalized spacial score (nSPS) is 21.6. The van der Waals surface area contributed by atoms with Crippen molar-refractivity contribution in [3.05, 3.63) is 63.7 Å². The number of carbonyl (C=O) groups is 1. The van der Waals surface area contributed by atoms with Gasteiger partial charge < -0.3 is 20.5 Å². The standard InChI is InChI=1S/C23H27ClN2O3.ClH/c1-14-2-7-18-19(22(14)27)12-20(29-21(18)13-25)15-8-10-26(11-9-15)23(28)16-3-5-17(24)6-4-16;/h2-7,15,20-21,27H,8-13,25H2,1H3;1H/t20-,21-;/m0./s1. The highest BCUT2D eigenvalue weighted by Crippen LogP contribution is 2.40. The molecule has 2 aromatic carbocycles. The minimum Gasteiger partial charge on any atom is -0.507 e.